The normalized spacial score (nSPS) is 19.0. The molecule has 1 aliphatic carbocycles. The van der Waals surface area contributed by atoms with E-state index in [2.05, 4.69) is 4.98 Å². The predicted octanol–water partition coefficient (Wildman–Crippen LogP) is 1.75. The van der Waals surface area contributed by atoms with Crippen LogP contribution in [0.1, 0.15) is 24.8 Å². The molecule has 7 nitrogen and oxygen atoms in total. The van der Waals surface area contributed by atoms with Crippen LogP contribution < -0.4 is 4.90 Å². The van der Waals surface area contributed by atoms with Gasteiger partial charge in [-0.05, 0) is 31.7 Å². The molecule has 118 valence electrons. The predicted molar refractivity (Wildman–Crippen MR) is 81.8 cm³/mol. The van der Waals surface area contributed by atoms with E-state index < -0.39 is 0 Å². The van der Waals surface area contributed by atoms with Gasteiger partial charge in [0.1, 0.15) is 0 Å². The zero-order chi connectivity index (χ0) is 15.7. The number of carbonyl (C=O) groups excluding carboxylic acids is 1. The summed E-state index contributed by atoms with van der Waals surface area (Å²) >= 11 is 0. The van der Waals surface area contributed by atoms with Crippen LogP contribution in [-0.4, -0.2) is 46.9 Å². The summed E-state index contributed by atoms with van der Waals surface area (Å²) in [6, 6.07) is 1.56. The Kier molecular flexibility index (Phi) is 3.96. The topological polar surface area (TPSA) is 79.6 Å². The van der Waals surface area contributed by atoms with E-state index in [9.17, 15) is 14.9 Å². The maximum Gasteiger partial charge on any atom is 0.311 e. The van der Waals surface area contributed by atoms with Crippen molar-refractivity contribution < 1.29 is 9.72 Å². The third kappa shape index (κ3) is 3.03. The Balaban J connectivity index is 1.75. The number of pyridine rings is 1. The maximum absolute atomic E-state index is 12.2. The minimum atomic E-state index is -0.382. The molecule has 0 unspecified atom stereocenters. The summed E-state index contributed by atoms with van der Waals surface area (Å²) in [5.74, 6) is 0.878. The van der Waals surface area contributed by atoms with Gasteiger partial charge in [-0.15, -0.1) is 0 Å². The van der Waals surface area contributed by atoms with Crippen molar-refractivity contribution >= 4 is 17.4 Å². The van der Waals surface area contributed by atoms with Crippen molar-refractivity contribution in [2.45, 2.75) is 26.2 Å². The van der Waals surface area contributed by atoms with Crippen LogP contribution in [0.25, 0.3) is 0 Å². The van der Waals surface area contributed by atoms with Crippen LogP contribution in [0.4, 0.5) is 11.5 Å². The van der Waals surface area contributed by atoms with E-state index in [0.717, 1.165) is 31.4 Å². The van der Waals surface area contributed by atoms with E-state index in [0.29, 0.717) is 25.5 Å². The third-order valence-corrected chi connectivity index (χ3v) is 4.21. The lowest BCUT2D eigenvalue weighted by Gasteiger charge is -2.22. The molecule has 22 heavy (non-hydrogen) atoms. The van der Waals surface area contributed by atoms with E-state index in [4.69, 9.17) is 0 Å². The van der Waals surface area contributed by atoms with Crippen molar-refractivity contribution in [3.63, 3.8) is 0 Å². The molecule has 0 aromatic carbocycles. The standard InChI is InChI=1S/C15H20N4O3/c1-11-9-13(19(21)22)14(16-10-11)17-5-2-6-18(8-7-17)15(20)12-3-4-12/h9-10,12H,2-8H2,1H3. The lowest BCUT2D eigenvalue weighted by atomic mass is 10.2. The molecule has 7 heteroatoms. The number of aryl methyl sites for hydroxylation is 1. The van der Waals surface area contributed by atoms with Gasteiger partial charge in [0.15, 0.2) is 0 Å². The van der Waals surface area contributed by atoms with Crippen molar-refractivity contribution in [1.82, 2.24) is 9.88 Å². The van der Waals surface area contributed by atoms with Crippen LogP contribution in [0.5, 0.6) is 0 Å². The Morgan fingerprint density at radius 1 is 1.32 bits per heavy atom. The van der Waals surface area contributed by atoms with Gasteiger partial charge in [0.05, 0.1) is 4.92 Å². The quantitative estimate of drug-likeness (QED) is 0.628. The summed E-state index contributed by atoms with van der Waals surface area (Å²) in [6.45, 7) is 4.41. The van der Waals surface area contributed by atoms with E-state index >= 15 is 0 Å². The zero-order valence-corrected chi connectivity index (χ0v) is 12.7. The second kappa shape index (κ2) is 5.90. The molecule has 1 aromatic heterocycles. The van der Waals surface area contributed by atoms with Crippen LogP contribution >= 0.6 is 0 Å². The largest absolute Gasteiger partial charge is 0.349 e. The van der Waals surface area contributed by atoms with Crippen LogP contribution in [0.3, 0.4) is 0 Å². The molecule has 2 heterocycles. The van der Waals surface area contributed by atoms with E-state index in [1.54, 1.807) is 19.2 Å². The molecule has 0 N–H and O–H groups in total. The number of anilines is 1. The van der Waals surface area contributed by atoms with Gasteiger partial charge in [-0.2, -0.15) is 0 Å². The highest BCUT2D eigenvalue weighted by Crippen LogP contribution is 2.32. The Morgan fingerprint density at radius 3 is 2.77 bits per heavy atom. The van der Waals surface area contributed by atoms with Gasteiger partial charge in [-0.25, -0.2) is 4.98 Å². The first kappa shape index (κ1) is 14.7. The Labute approximate surface area is 129 Å². The summed E-state index contributed by atoms with van der Waals surface area (Å²) in [4.78, 5) is 31.1. The van der Waals surface area contributed by atoms with Crippen molar-refractivity contribution in [3.8, 4) is 0 Å². The Morgan fingerprint density at radius 2 is 2.09 bits per heavy atom. The minimum Gasteiger partial charge on any atom is -0.349 e. The number of hydrogen-bond donors (Lipinski definition) is 0. The minimum absolute atomic E-state index is 0.0435. The van der Waals surface area contributed by atoms with Crippen LogP contribution in [-0.2, 0) is 4.79 Å². The van der Waals surface area contributed by atoms with Crippen LogP contribution in [0, 0.1) is 23.0 Å². The first-order chi connectivity index (χ1) is 10.6. The molecule has 2 fully saturated rings. The fourth-order valence-electron chi connectivity index (χ4n) is 2.86. The summed E-state index contributed by atoms with van der Waals surface area (Å²) in [7, 11) is 0. The fourth-order valence-corrected chi connectivity index (χ4v) is 2.86. The number of hydrogen-bond acceptors (Lipinski definition) is 5. The highest BCUT2D eigenvalue weighted by Gasteiger charge is 2.34. The van der Waals surface area contributed by atoms with Gasteiger partial charge in [-0.1, -0.05) is 0 Å². The molecular formula is C15H20N4O3. The van der Waals surface area contributed by atoms with Gasteiger partial charge in [0.25, 0.3) is 0 Å². The molecule has 2 aliphatic rings. The highest BCUT2D eigenvalue weighted by atomic mass is 16.6. The summed E-state index contributed by atoms with van der Waals surface area (Å²) in [5, 5.41) is 11.2. The molecule has 1 saturated carbocycles. The van der Waals surface area contributed by atoms with Gasteiger partial charge in [-0.3, -0.25) is 14.9 Å². The molecule has 3 rings (SSSR count). The molecule has 0 radical (unpaired) electrons. The van der Waals surface area contributed by atoms with Crippen LogP contribution in [0.15, 0.2) is 12.3 Å². The van der Waals surface area contributed by atoms with Crippen LogP contribution in [0.2, 0.25) is 0 Å². The molecule has 1 saturated heterocycles. The van der Waals surface area contributed by atoms with Crippen molar-refractivity contribution in [3.05, 3.63) is 27.9 Å². The lowest BCUT2D eigenvalue weighted by molar-refractivity contribution is -0.384. The SMILES string of the molecule is Cc1cnc(N2CCCN(C(=O)C3CC3)CC2)c([N+](=O)[O-])c1. The fraction of sp³-hybridized carbons (Fsp3) is 0.600. The Bertz CT molecular complexity index is 600. The Hall–Kier alpha value is -2.18. The van der Waals surface area contributed by atoms with Crippen molar-refractivity contribution in [1.29, 1.82) is 0 Å². The summed E-state index contributed by atoms with van der Waals surface area (Å²) < 4.78 is 0. The van der Waals surface area contributed by atoms with Gasteiger partial charge >= 0.3 is 5.69 Å². The lowest BCUT2D eigenvalue weighted by Crippen LogP contribution is -2.36. The monoisotopic (exact) mass is 304 g/mol. The number of amides is 1. The third-order valence-electron chi connectivity index (χ3n) is 4.21. The van der Waals surface area contributed by atoms with E-state index in [-0.39, 0.29) is 22.4 Å². The maximum atomic E-state index is 12.2. The summed E-state index contributed by atoms with van der Waals surface area (Å²) in [5.41, 5.74) is 0.817. The first-order valence-corrected chi connectivity index (χ1v) is 7.71. The molecule has 0 spiro atoms. The number of carbonyl (C=O) groups is 1. The molecule has 1 aromatic rings. The number of nitrogens with zero attached hydrogens (tertiary/aromatic N) is 4. The van der Waals surface area contributed by atoms with E-state index in [1.807, 2.05) is 9.80 Å². The number of rotatable bonds is 3. The van der Waals surface area contributed by atoms with Gasteiger partial charge in [0.2, 0.25) is 11.7 Å². The van der Waals surface area contributed by atoms with Gasteiger partial charge in [0, 0.05) is 44.4 Å². The molecule has 1 amide bonds. The average molecular weight is 304 g/mol. The summed E-state index contributed by atoms with van der Waals surface area (Å²) in [6.07, 6.45) is 4.47. The molecule has 0 atom stereocenters. The zero-order valence-electron chi connectivity index (χ0n) is 12.7. The van der Waals surface area contributed by atoms with Crippen molar-refractivity contribution in [2.24, 2.45) is 5.92 Å². The second-order valence-corrected chi connectivity index (χ2v) is 6.05. The molecular weight excluding hydrogens is 284 g/mol. The molecule has 0 bridgehead atoms. The molecule has 1 aliphatic heterocycles. The first-order valence-electron chi connectivity index (χ1n) is 7.71. The van der Waals surface area contributed by atoms with Gasteiger partial charge < -0.3 is 9.80 Å². The highest BCUT2D eigenvalue weighted by molar-refractivity contribution is 5.81. The number of aromatic nitrogens is 1. The van der Waals surface area contributed by atoms with E-state index in [1.165, 1.54) is 0 Å². The second-order valence-electron chi connectivity index (χ2n) is 6.05. The van der Waals surface area contributed by atoms with Crippen molar-refractivity contribution in [2.75, 3.05) is 31.1 Å². The number of nitro groups is 1. The smallest absolute Gasteiger partial charge is 0.311 e. The average Bonchev–Trinajstić information content (AvgIpc) is 3.33.